The molecule has 0 saturated heterocycles. The number of hydrogen-bond donors (Lipinski definition) is 1. The first-order chi connectivity index (χ1) is 14.3. The van der Waals surface area contributed by atoms with E-state index in [4.69, 9.17) is 5.11 Å². The predicted molar refractivity (Wildman–Crippen MR) is 101 cm³/mol. The highest BCUT2D eigenvalue weighted by molar-refractivity contribution is 5.55. The average molecular weight is 427 g/mol. The van der Waals surface area contributed by atoms with E-state index in [1.165, 1.54) is 83.5 Å². The lowest BCUT2D eigenvalue weighted by atomic mass is 10.0. The molecular formula is C19H38O10. The van der Waals surface area contributed by atoms with Gasteiger partial charge in [-0.1, -0.05) is 103 Å². The Balaban J connectivity index is 2.99. The zero-order valence-electron chi connectivity index (χ0n) is 17.6. The van der Waals surface area contributed by atoms with Crippen LogP contribution in [0.1, 0.15) is 110 Å². The van der Waals surface area contributed by atoms with Gasteiger partial charge in [0.25, 0.3) is 0 Å². The minimum atomic E-state index is -1.73. The summed E-state index contributed by atoms with van der Waals surface area (Å²) in [5.74, 6) is 0. The molecule has 0 unspecified atom stereocenters. The summed E-state index contributed by atoms with van der Waals surface area (Å²) in [7, 11) is 0. The van der Waals surface area contributed by atoms with Crippen molar-refractivity contribution < 1.29 is 49.9 Å². The number of hydrogen-bond acceptors (Lipinski definition) is 9. The van der Waals surface area contributed by atoms with E-state index < -0.39 is 6.16 Å². The Morgan fingerprint density at radius 1 is 0.552 bits per heavy atom. The van der Waals surface area contributed by atoms with Gasteiger partial charge in [-0.15, -0.1) is 0 Å². The van der Waals surface area contributed by atoms with Crippen molar-refractivity contribution >= 4 is 6.16 Å². The van der Waals surface area contributed by atoms with Gasteiger partial charge < -0.3 is 5.11 Å². The van der Waals surface area contributed by atoms with Crippen LogP contribution in [0.2, 0.25) is 0 Å². The molecule has 0 aliphatic rings. The van der Waals surface area contributed by atoms with E-state index in [1.54, 1.807) is 0 Å². The lowest BCUT2D eigenvalue weighted by Crippen LogP contribution is -2.05. The summed E-state index contributed by atoms with van der Waals surface area (Å²) in [5.41, 5.74) is 0. The van der Waals surface area contributed by atoms with Crippen LogP contribution in [0.4, 0.5) is 4.79 Å². The number of carboxylic acid groups (broad SMARTS) is 1. The Kier molecular flexibility index (Phi) is 24.2. The van der Waals surface area contributed by atoms with Crippen LogP contribution in [-0.2, 0) is 40.0 Å². The van der Waals surface area contributed by atoms with E-state index in [2.05, 4.69) is 46.9 Å². The third kappa shape index (κ3) is 27.0. The number of unbranched alkanes of at least 4 members (excludes halogenated alkanes) is 15. The molecule has 0 aliphatic carbocycles. The zero-order chi connectivity index (χ0) is 21.3. The maximum absolute atomic E-state index is 9.82. The van der Waals surface area contributed by atoms with Crippen molar-refractivity contribution in [1.82, 2.24) is 0 Å². The smallest absolute Gasteiger partial charge is 0.448 e. The largest absolute Gasteiger partial charge is 0.540 e. The standard InChI is InChI=1S/C19H38O10/c1-2-3-4-5-6-7-8-9-10-11-12-13-14-15-16-17-18-22-24-26-28-29-27-25-23-19(20)21/h2-18H2,1H3,(H,20,21). The van der Waals surface area contributed by atoms with Crippen LogP contribution in [0.15, 0.2) is 0 Å². The van der Waals surface area contributed by atoms with E-state index >= 15 is 0 Å². The molecule has 0 amide bonds. The van der Waals surface area contributed by atoms with Gasteiger partial charge in [0.1, 0.15) is 0 Å². The highest BCUT2D eigenvalue weighted by atomic mass is 17.9. The molecule has 0 aromatic rings. The minimum absolute atomic E-state index is 0.335. The summed E-state index contributed by atoms with van der Waals surface area (Å²) in [5, 5.41) is 30.6. The number of carbonyl (C=O) groups is 1. The molecule has 0 rings (SSSR count). The first-order valence-corrected chi connectivity index (χ1v) is 10.8. The fourth-order valence-corrected chi connectivity index (χ4v) is 2.85. The fourth-order valence-electron chi connectivity index (χ4n) is 2.85. The molecule has 10 nitrogen and oxygen atoms in total. The van der Waals surface area contributed by atoms with E-state index in [-0.39, 0.29) is 0 Å². The Morgan fingerprint density at radius 2 is 0.931 bits per heavy atom. The van der Waals surface area contributed by atoms with Crippen LogP contribution in [0, 0.1) is 0 Å². The molecule has 0 spiro atoms. The molecule has 10 heteroatoms. The van der Waals surface area contributed by atoms with Crippen LogP contribution >= 0.6 is 0 Å². The lowest BCUT2D eigenvalue weighted by Gasteiger charge is -2.03. The maximum atomic E-state index is 9.82. The Bertz CT molecular complexity index is 330. The molecule has 0 aliphatic heterocycles. The van der Waals surface area contributed by atoms with Gasteiger partial charge in [-0.05, 0) is 21.5 Å². The van der Waals surface area contributed by atoms with Crippen molar-refractivity contribution in [3.63, 3.8) is 0 Å². The van der Waals surface area contributed by atoms with Crippen molar-refractivity contribution in [2.24, 2.45) is 0 Å². The van der Waals surface area contributed by atoms with Crippen molar-refractivity contribution in [2.75, 3.05) is 6.61 Å². The van der Waals surface area contributed by atoms with Gasteiger partial charge >= 0.3 is 6.16 Å². The summed E-state index contributed by atoms with van der Waals surface area (Å²) in [4.78, 5) is 17.9. The third-order valence-corrected chi connectivity index (χ3v) is 4.37. The monoisotopic (exact) mass is 426 g/mol. The van der Waals surface area contributed by atoms with E-state index in [1.807, 2.05) is 0 Å². The Labute approximate surface area is 173 Å². The van der Waals surface area contributed by atoms with Gasteiger partial charge in [-0.25, -0.2) is 14.6 Å². The highest BCUT2D eigenvalue weighted by Gasteiger charge is 2.00. The van der Waals surface area contributed by atoms with Crippen LogP contribution in [-0.4, -0.2) is 17.9 Å². The average Bonchev–Trinajstić information content (AvgIpc) is 2.71. The molecule has 0 aromatic heterocycles. The molecule has 0 atom stereocenters. The second kappa shape index (κ2) is 25.0. The number of rotatable bonds is 24. The third-order valence-electron chi connectivity index (χ3n) is 4.37. The molecule has 0 bridgehead atoms. The van der Waals surface area contributed by atoms with Gasteiger partial charge in [0.15, 0.2) is 0 Å². The van der Waals surface area contributed by atoms with Crippen molar-refractivity contribution in [1.29, 1.82) is 0 Å². The second-order valence-electron chi connectivity index (χ2n) is 6.88. The van der Waals surface area contributed by atoms with Crippen molar-refractivity contribution in [3.8, 4) is 0 Å². The molecule has 0 saturated carbocycles. The second-order valence-corrected chi connectivity index (χ2v) is 6.88. The van der Waals surface area contributed by atoms with Gasteiger partial charge in [-0.2, -0.15) is 0 Å². The molecule has 174 valence electrons. The van der Waals surface area contributed by atoms with E-state index in [9.17, 15) is 4.79 Å². The highest BCUT2D eigenvalue weighted by Crippen LogP contribution is 2.13. The Hall–Kier alpha value is -1.01. The summed E-state index contributed by atoms with van der Waals surface area (Å²) >= 11 is 0. The fraction of sp³-hybridized carbons (Fsp3) is 0.947. The first-order valence-electron chi connectivity index (χ1n) is 10.8. The normalized spacial score (nSPS) is 11.1. The van der Waals surface area contributed by atoms with Crippen LogP contribution in [0.5, 0.6) is 0 Å². The summed E-state index contributed by atoms with van der Waals surface area (Å²) < 4.78 is 0. The summed E-state index contributed by atoms with van der Waals surface area (Å²) in [6, 6.07) is 0. The van der Waals surface area contributed by atoms with Crippen molar-refractivity contribution in [3.05, 3.63) is 0 Å². The minimum Gasteiger partial charge on any atom is -0.448 e. The van der Waals surface area contributed by atoms with E-state index in [0.717, 1.165) is 19.3 Å². The molecule has 0 radical (unpaired) electrons. The maximum Gasteiger partial charge on any atom is 0.540 e. The van der Waals surface area contributed by atoms with Crippen LogP contribution in [0.3, 0.4) is 0 Å². The van der Waals surface area contributed by atoms with Gasteiger partial charge in [0, 0.05) is 15.1 Å². The van der Waals surface area contributed by atoms with Gasteiger partial charge in [0.2, 0.25) is 0 Å². The van der Waals surface area contributed by atoms with Gasteiger partial charge in [-0.3, -0.25) is 0 Å². The lowest BCUT2D eigenvalue weighted by molar-refractivity contribution is -0.810. The summed E-state index contributed by atoms with van der Waals surface area (Å²) in [6.45, 7) is 2.59. The zero-order valence-corrected chi connectivity index (χ0v) is 17.6. The quantitative estimate of drug-likeness (QED) is 0.105. The topological polar surface area (TPSA) is 111 Å². The SMILES string of the molecule is CCCCCCCCCCCCCCCCCCOOOOOOOOC(=O)O. The van der Waals surface area contributed by atoms with Crippen LogP contribution < -0.4 is 0 Å². The molecule has 0 heterocycles. The van der Waals surface area contributed by atoms with Crippen LogP contribution in [0.25, 0.3) is 0 Å². The molecule has 29 heavy (non-hydrogen) atoms. The van der Waals surface area contributed by atoms with Crippen molar-refractivity contribution in [2.45, 2.75) is 110 Å². The molecular weight excluding hydrogens is 388 g/mol. The molecule has 0 fully saturated rings. The van der Waals surface area contributed by atoms with Gasteiger partial charge in [0.05, 0.1) is 6.61 Å². The Morgan fingerprint density at radius 3 is 1.38 bits per heavy atom. The molecule has 0 aromatic carbocycles. The summed E-state index contributed by atoms with van der Waals surface area (Å²) in [6.07, 6.45) is 19.0. The van der Waals surface area contributed by atoms with E-state index in [0.29, 0.717) is 6.61 Å². The molecule has 1 N–H and O–H groups in total. The predicted octanol–water partition coefficient (Wildman–Crippen LogP) is 6.46. The first kappa shape index (κ1) is 28.0.